The second-order valence-electron chi connectivity index (χ2n) is 5.58. The summed E-state index contributed by atoms with van der Waals surface area (Å²) in [6, 6.07) is 17.5. The van der Waals surface area contributed by atoms with Gasteiger partial charge in [0, 0.05) is 10.6 Å². The fourth-order valence-corrected chi connectivity index (χ4v) is 5.13. The van der Waals surface area contributed by atoms with Gasteiger partial charge in [-0.25, -0.2) is 0 Å². The number of hydrogen-bond acceptors (Lipinski definition) is 6. The highest BCUT2D eigenvalue weighted by Gasteiger charge is 2.37. The van der Waals surface area contributed by atoms with Crippen molar-refractivity contribution in [1.82, 2.24) is 0 Å². The number of benzene rings is 2. The largest absolute Gasteiger partial charge is 0.389 e. The number of aliphatic hydroxyl groups excluding tert-OH is 3. The number of nitrogens with zero attached hydrogens (tertiary/aromatic N) is 1. The van der Waals surface area contributed by atoms with Crippen LogP contribution in [0.4, 0.5) is 0 Å². The van der Waals surface area contributed by atoms with Gasteiger partial charge in [-0.3, -0.25) is 0 Å². The Morgan fingerprint density at radius 3 is 2.08 bits per heavy atom. The maximum absolute atomic E-state index is 10.1. The number of aliphatic hydroxyl groups is 3. The minimum absolute atomic E-state index is 0.204. The van der Waals surface area contributed by atoms with E-state index < -0.39 is 18.3 Å². The van der Waals surface area contributed by atoms with Crippen molar-refractivity contribution in [1.29, 1.82) is 5.26 Å². The molecule has 1 fully saturated rings. The van der Waals surface area contributed by atoms with Gasteiger partial charge in [0.2, 0.25) is 0 Å². The van der Waals surface area contributed by atoms with Crippen molar-refractivity contribution in [3.8, 4) is 17.2 Å². The van der Waals surface area contributed by atoms with E-state index in [1.165, 1.54) is 23.5 Å². The van der Waals surface area contributed by atoms with Crippen LogP contribution >= 0.6 is 23.5 Å². The predicted octanol–water partition coefficient (Wildman–Crippen LogP) is 2.47. The van der Waals surface area contributed by atoms with E-state index in [9.17, 15) is 15.3 Å². The van der Waals surface area contributed by atoms with E-state index in [1.54, 1.807) is 12.1 Å². The third-order valence-electron chi connectivity index (χ3n) is 3.91. The van der Waals surface area contributed by atoms with Crippen LogP contribution in [-0.2, 0) is 0 Å². The Bertz CT molecular complexity index is 727. The Labute approximate surface area is 149 Å². The molecule has 2 aromatic rings. The molecular formula is C18H17NO3S2. The van der Waals surface area contributed by atoms with Crippen molar-refractivity contribution < 1.29 is 15.3 Å². The van der Waals surface area contributed by atoms with Crippen molar-refractivity contribution in [2.24, 2.45) is 0 Å². The highest BCUT2D eigenvalue weighted by molar-refractivity contribution is 8.17. The molecule has 2 aromatic carbocycles. The summed E-state index contributed by atoms with van der Waals surface area (Å²) in [6.45, 7) is 0. The molecule has 1 saturated heterocycles. The summed E-state index contributed by atoms with van der Waals surface area (Å²) in [5.41, 5.74) is 2.72. The lowest BCUT2D eigenvalue weighted by atomic mass is 10.0. The van der Waals surface area contributed by atoms with E-state index in [0.717, 1.165) is 16.0 Å². The molecule has 4 atom stereocenters. The molecule has 0 saturated carbocycles. The van der Waals surface area contributed by atoms with Crippen molar-refractivity contribution >= 4 is 23.5 Å². The first-order chi connectivity index (χ1) is 11.6. The number of nitriles is 1. The summed E-state index contributed by atoms with van der Waals surface area (Å²) < 4.78 is -0.204. The average molecular weight is 359 g/mol. The highest BCUT2D eigenvalue weighted by Crippen LogP contribution is 2.39. The minimum Gasteiger partial charge on any atom is -0.389 e. The summed E-state index contributed by atoms with van der Waals surface area (Å²) in [7, 11) is 0. The van der Waals surface area contributed by atoms with E-state index in [0.29, 0.717) is 11.3 Å². The molecule has 0 aromatic heterocycles. The van der Waals surface area contributed by atoms with Crippen molar-refractivity contribution in [3.05, 3.63) is 54.1 Å². The minimum atomic E-state index is -1.10. The summed E-state index contributed by atoms with van der Waals surface area (Å²) >= 11 is 2.94. The molecule has 124 valence electrons. The van der Waals surface area contributed by atoms with Crippen molar-refractivity contribution in [2.75, 3.05) is 5.75 Å². The van der Waals surface area contributed by atoms with E-state index in [1.807, 2.05) is 36.4 Å². The van der Waals surface area contributed by atoms with E-state index >= 15 is 0 Å². The molecule has 1 aliphatic rings. The molecule has 0 amide bonds. The summed E-state index contributed by atoms with van der Waals surface area (Å²) in [6.07, 6.45) is -2.93. The van der Waals surface area contributed by atoms with Gasteiger partial charge in [0.15, 0.2) is 0 Å². The topological polar surface area (TPSA) is 84.5 Å². The van der Waals surface area contributed by atoms with Crippen LogP contribution < -0.4 is 0 Å². The zero-order valence-electron chi connectivity index (χ0n) is 12.7. The normalized spacial score (nSPS) is 26.8. The lowest BCUT2D eigenvalue weighted by Gasteiger charge is -2.34. The third-order valence-corrected chi connectivity index (χ3v) is 6.80. The Morgan fingerprint density at radius 1 is 0.917 bits per heavy atom. The van der Waals surface area contributed by atoms with Crippen molar-refractivity contribution in [3.63, 3.8) is 0 Å². The molecule has 6 heteroatoms. The van der Waals surface area contributed by atoms with Crippen molar-refractivity contribution in [2.45, 2.75) is 27.8 Å². The Kier molecular flexibility index (Phi) is 5.49. The molecule has 0 bridgehead atoms. The zero-order valence-corrected chi connectivity index (χ0v) is 14.4. The van der Waals surface area contributed by atoms with Crippen LogP contribution in [-0.4, -0.2) is 44.0 Å². The molecule has 3 N–H and O–H groups in total. The highest BCUT2D eigenvalue weighted by atomic mass is 32.2. The quantitative estimate of drug-likeness (QED) is 0.781. The Hall–Kier alpha value is -1.49. The SMILES string of the molecule is N#Cc1ccc(-c2ccc(S[C@@H]3SC[C@@H](O)[C@H](O)[C@H]3O)cc2)cc1. The molecule has 0 unspecified atom stereocenters. The first-order valence-corrected chi connectivity index (χ1v) is 9.44. The number of hydrogen-bond donors (Lipinski definition) is 3. The maximum Gasteiger partial charge on any atom is 0.108 e. The molecule has 1 heterocycles. The van der Waals surface area contributed by atoms with E-state index in [2.05, 4.69) is 6.07 Å². The van der Waals surface area contributed by atoms with Crippen LogP contribution in [0.15, 0.2) is 53.4 Å². The monoisotopic (exact) mass is 359 g/mol. The van der Waals surface area contributed by atoms with Crippen LogP contribution in [0.3, 0.4) is 0 Å². The number of thioether (sulfide) groups is 2. The molecule has 4 nitrogen and oxygen atoms in total. The van der Waals surface area contributed by atoms with Gasteiger partial charge >= 0.3 is 0 Å². The van der Waals surface area contributed by atoms with Crippen LogP contribution in [0.1, 0.15) is 5.56 Å². The van der Waals surface area contributed by atoms with Crippen LogP contribution in [0.2, 0.25) is 0 Å². The predicted molar refractivity (Wildman–Crippen MR) is 96.7 cm³/mol. The first-order valence-electron chi connectivity index (χ1n) is 7.51. The smallest absolute Gasteiger partial charge is 0.108 e. The Morgan fingerprint density at radius 2 is 1.50 bits per heavy atom. The van der Waals surface area contributed by atoms with Gasteiger partial charge in [-0.15, -0.1) is 23.5 Å². The molecular weight excluding hydrogens is 342 g/mol. The molecule has 0 spiro atoms. The van der Waals surface area contributed by atoms with E-state index in [4.69, 9.17) is 5.26 Å². The summed E-state index contributed by atoms with van der Waals surface area (Å²) in [5, 5.41) is 38.3. The van der Waals surface area contributed by atoms with Crippen LogP contribution in [0.5, 0.6) is 0 Å². The maximum atomic E-state index is 10.1. The molecule has 3 rings (SSSR count). The van der Waals surface area contributed by atoms with Gasteiger partial charge < -0.3 is 15.3 Å². The Balaban J connectivity index is 1.69. The van der Waals surface area contributed by atoms with Gasteiger partial charge in [-0.05, 0) is 35.4 Å². The summed E-state index contributed by atoms with van der Waals surface area (Å²) in [5.74, 6) is 0.416. The van der Waals surface area contributed by atoms with Gasteiger partial charge in [-0.2, -0.15) is 5.26 Å². The van der Waals surface area contributed by atoms with Gasteiger partial charge in [-0.1, -0.05) is 24.3 Å². The van der Waals surface area contributed by atoms with Gasteiger partial charge in [0.05, 0.1) is 22.3 Å². The molecule has 1 aliphatic heterocycles. The van der Waals surface area contributed by atoms with Gasteiger partial charge in [0.25, 0.3) is 0 Å². The van der Waals surface area contributed by atoms with Crippen LogP contribution in [0, 0.1) is 11.3 Å². The fraction of sp³-hybridized carbons (Fsp3) is 0.278. The average Bonchev–Trinajstić information content (AvgIpc) is 2.63. The lowest BCUT2D eigenvalue weighted by molar-refractivity contribution is -0.0474. The van der Waals surface area contributed by atoms with Crippen LogP contribution in [0.25, 0.3) is 11.1 Å². The third kappa shape index (κ3) is 3.77. The summed E-state index contributed by atoms with van der Waals surface area (Å²) in [4.78, 5) is 0.993. The molecule has 24 heavy (non-hydrogen) atoms. The lowest BCUT2D eigenvalue weighted by Crippen LogP contribution is -2.47. The van der Waals surface area contributed by atoms with E-state index in [-0.39, 0.29) is 4.58 Å². The second kappa shape index (κ2) is 7.60. The first kappa shape index (κ1) is 17.3. The number of rotatable bonds is 3. The van der Waals surface area contributed by atoms with Gasteiger partial charge in [0.1, 0.15) is 12.2 Å². The zero-order chi connectivity index (χ0) is 17.1. The molecule has 0 radical (unpaired) electrons. The standard InChI is InChI=1S/C18H17NO3S2/c19-9-11-1-3-12(4-2-11)13-5-7-14(8-6-13)24-18-17(22)16(21)15(20)10-23-18/h1-8,15-18,20-22H,10H2/t15-,16+,17-,18+/m1/s1. The molecule has 0 aliphatic carbocycles. The second-order valence-corrected chi connectivity index (χ2v) is 8.27. The fourth-order valence-electron chi connectivity index (χ4n) is 2.48.